The lowest BCUT2D eigenvalue weighted by Gasteiger charge is -2.05. The normalized spacial score (nSPS) is 9.64. The second-order valence-electron chi connectivity index (χ2n) is 2.10. The van der Waals surface area contributed by atoms with Gasteiger partial charge in [0.2, 0.25) is 0 Å². The van der Waals surface area contributed by atoms with Gasteiger partial charge in [0.1, 0.15) is 0 Å². The third-order valence-electron chi connectivity index (χ3n) is 1.32. The van der Waals surface area contributed by atoms with E-state index in [1.54, 1.807) is 12.3 Å². The topological polar surface area (TPSA) is 45.2 Å². The molecule has 0 unspecified atom stereocenters. The van der Waals surface area contributed by atoms with Crippen molar-refractivity contribution in [3.05, 3.63) is 24.0 Å². The fourth-order valence-corrected chi connectivity index (χ4v) is 0.845. The second-order valence-corrected chi connectivity index (χ2v) is 2.10. The molecule has 2 N–H and O–H groups in total. The van der Waals surface area contributed by atoms with Gasteiger partial charge in [0.15, 0.2) is 0 Å². The van der Waals surface area contributed by atoms with E-state index in [0.29, 0.717) is 5.69 Å². The van der Waals surface area contributed by atoms with Gasteiger partial charge in [-0.1, -0.05) is 0 Å². The molecule has 0 aliphatic rings. The van der Waals surface area contributed by atoms with Gasteiger partial charge in [-0.3, -0.25) is 4.98 Å². The highest BCUT2D eigenvalue weighted by atomic mass is 16.3. The second kappa shape index (κ2) is 3.93. The molecule has 11 heavy (non-hydrogen) atoms. The number of aromatic nitrogens is 1. The van der Waals surface area contributed by atoms with Crippen LogP contribution in [-0.2, 0) is 6.61 Å². The van der Waals surface area contributed by atoms with Gasteiger partial charge >= 0.3 is 0 Å². The first kappa shape index (κ1) is 8.01. The Bertz CT molecular complexity index is 225. The molecular weight excluding hydrogens is 140 g/mol. The molecule has 0 aliphatic carbocycles. The molecule has 1 aromatic rings. The summed E-state index contributed by atoms with van der Waals surface area (Å²) in [5.74, 6) is 0. The Morgan fingerprint density at radius 1 is 1.73 bits per heavy atom. The third kappa shape index (κ3) is 1.91. The fourth-order valence-electron chi connectivity index (χ4n) is 0.845. The van der Waals surface area contributed by atoms with Crippen molar-refractivity contribution in [2.24, 2.45) is 0 Å². The molecule has 1 radical (unpaired) electrons. The van der Waals surface area contributed by atoms with Gasteiger partial charge in [0, 0.05) is 18.8 Å². The minimum absolute atomic E-state index is 0.0420. The van der Waals surface area contributed by atoms with E-state index in [-0.39, 0.29) is 6.61 Å². The highest BCUT2D eigenvalue weighted by molar-refractivity contribution is 5.45. The number of nitrogens with zero attached hydrogens (tertiary/aromatic N) is 1. The van der Waals surface area contributed by atoms with Crippen molar-refractivity contribution < 1.29 is 5.11 Å². The van der Waals surface area contributed by atoms with E-state index in [2.05, 4.69) is 16.4 Å². The van der Waals surface area contributed by atoms with Crippen LogP contribution in [0.1, 0.15) is 12.6 Å². The van der Waals surface area contributed by atoms with Crippen molar-refractivity contribution in [3.8, 4) is 0 Å². The maximum atomic E-state index is 8.82. The molecule has 0 saturated heterocycles. The van der Waals surface area contributed by atoms with E-state index in [1.807, 2.05) is 6.92 Å². The smallest absolute Gasteiger partial charge is 0.0895 e. The largest absolute Gasteiger partial charge is 0.390 e. The highest BCUT2D eigenvalue weighted by Crippen LogP contribution is 2.09. The van der Waals surface area contributed by atoms with Crippen LogP contribution in [0, 0.1) is 6.07 Å². The number of rotatable bonds is 3. The lowest BCUT2D eigenvalue weighted by atomic mass is 10.3. The zero-order valence-corrected chi connectivity index (χ0v) is 6.46. The summed E-state index contributed by atoms with van der Waals surface area (Å²) in [5, 5.41) is 11.9. The average molecular weight is 151 g/mol. The molecule has 0 amide bonds. The fraction of sp³-hybridized carbons (Fsp3) is 0.375. The Morgan fingerprint density at radius 2 is 2.55 bits per heavy atom. The predicted molar refractivity (Wildman–Crippen MR) is 43.2 cm³/mol. The van der Waals surface area contributed by atoms with Crippen molar-refractivity contribution in [2.75, 3.05) is 11.9 Å². The van der Waals surface area contributed by atoms with Gasteiger partial charge < -0.3 is 10.4 Å². The Kier molecular flexibility index (Phi) is 2.86. The average Bonchev–Trinajstić information content (AvgIpc) is 2.06. The molecule has 0 aliphatic heterocycles. The van der Waals surface area contributed by atoms with E-state index >= 15 is 0 Å². The molecule has 1 heterocycles. The number of nitrogens with one attached hydrogen (secondary N) is 1. The Hall–Kier alpha value is -1.09. The van der Waals surface area contributed by atoms with E-state index in [1.165, 1.54) is 0 Å². The van der Waals surface area contributed by atoms with E-state index in [9.17, 15) is 0 Å². The molecule has 3 nitrogen and oxygen atoms in total. The zero-order valence-electron chi connectivity index (χ0n) is 6.46. The quantitative estimate of drug-likeness (QED) is 0.671. The van der Waals surface area contributed by atoms with Gasteiger partial charge in [0.25, 0.3) is 0 Å². The number of aliphatic hydroxyl groups excluding tert-OH is 1. The first-order chi connectivity index (χ1) is 5.38. The summed E-state index contributed by atoms with van der Waals surface area (Å²) in [6.07, 6.45) is 1.62. The number of pyridine rings is 1. The first-order valence-electron chi connectivity index (χ1n) is 3.58. The Labute approximate surface area is 66.1 Å². The van der Waals surface area contributed by atoms with Crippen LogP contribution in [0.15, 0.2) is 12.3 Å². The zero-order chi connectivity index (χ0) is 8.10. The monoisotopic (exact) mass is 151 g/mol. The molecule has 3 heteroatoms. The minimum Gasteiger partial charge on any atom is -0.390 e. The molecule has 0 fully saturated rings. The van der Waals surface area contributed by atoms with Crippen LogP contribution in [0.25, 0.3) is 0 Å². The van der Waals surface area contributed by atoms with Gasteiger partial charge in [-0.25, -0.2) is 0 Å². The van der Waals surface area contributed by atoms with Crippen molar-refractivity contribution in [2.45, 2.75) is 13.5 Å². The van der Waals surface area contributed by atoms with Crippen molar-refractivity contribution >= 4 is 5.69 Å². The van der Waals surface area contributed by atoms with Crippen molar-refractivity contribution in [3.63, 3.8) is 0 Å². The van der Waals surface area contributed by atoms with Crippen LogP contribution in [0.5, 0.6) is 0 Å². The van der Waals surface area contributed by atoms with Gasteiger partial charge in [0.05, 0.1) is 18.0 Å². The summed E-state index contributed by atoms with van der Waals surface area (Å²) in [6, 6.07) is 4.67. The minimum atomic E-state index is -0.0420. The van der Waals surface area contributed by atoms with Crippen LogP contribution >= 0.6 is 0 Å². The third-order valence-corrected chi connectivity index (χ3v) is 1.32. The van der Waals surface area contributed by atoms with Crippen LogP contribution < -0.4 is 5.32 Å². The highest BCUT2D eigenvalue weighted by Gasteiger charge is 1.98. The predicted octanol–water partition coefficient (Wildman–Crippen LogP) is 0.806. The molecule has 0 spiro atoms. The van der Waals surface area contributed by atoms with E-state index in [4.69, 9.17) is 5.11 Å². The van der Waals surface area contributed by atoms with E-state index < -0.39 is 0 Å². The summed E-state index contributed by atoms with van der Waals surface area (Å²) in [6.45, 7) is 2.76. The first-order valence-corrected chi connectivity index (χ1v) is 3.58. The Balaban J connectivity index is 2.83. The van der Waals surface area contributed by atoms with Gasteiger partial charge in [-0.15, -0.1) is 0 Å². The van der Waals surface area contributed by atoms with E-state index in [0.717, 1.165) is 12.2 Å². The number of aliphatic hydroxyl groups is 1. The number of anilines is 1. The molecule has 0 saturated carbocycles. The molecule has 1 aromatic heterocycles. The lowest BCUT2D eigenvalue weighted by Crippen LogP contribution is -2.02. The summed E-state index contributed by atoms with van der Waals surface area (Å²) >= 11 is 0. The molecule has 1 rings (SSSR count). The number of hydrogen-bond donors (Lipinski definition) is 2. The van der Waals surface area contributed by atoms with Crippen LogP contribution in [-0.4, -0.2) is 16.6 Å². The summed E-state index contributed by atoms with van der Waals surface area (Å²) in [7, 11) is 0. The number of hydrogen-bond acceptors (Lipinski definition) is 3. The molecule has 0 bridgehead atoms. The Morgan fingerprint density at radius 3 is 3.18 bits per heavy atom. The molecule has 59 valence electrons. The summed E-state index contributed by atoms with van der Waals surface area (Å²) < 4.78 is 0. The summed E-state index contributed by atoms with van der Waals surface area (Å²) in [5.41, 5.74) is 1.44. The lowest BCUT2D eigenvalue weighted by molar-refractivity contribution is 0.277. The van der Waals surface area contributed by atoms with Crippen molar-refractivity contribution in [1.29, 1.82) is 0 Å². The molecular formula is C8H11N2O. The molecule has 0 atom stereocenters. The summed E-state index contributed by atoms with van der Waals surface area (Å²) in [4.78, 5) is 3.97. The maximum Gasteiger partial charge on any atom is 0.0895 e. The van der Waals surface area contributed by atoms with Crippen LogP contribution in [0.4, 0.5) is 5.69 Å². The van der Waals surface area contributed by atoms with Crippen LogP contribution in [0.3, 0.4) is 0 Å². The van der Waals surface area contributed by atoms with Gasteiger partial charge in [-0.05, 0) is 13.0 Å². The standard InChI is InChI=1S/C8H11N2O/c1-2-9-7-4-3-5-10-8(7)6-11/h3,5,9,11H,2,6H2,1H3. The maximum absolute atomic E-state index is 8.82. The van der Waals surface area contributed by atoms with Gasteiger partial charge in [-0.2, -0.15) is 0 Å². The molecule has 0 aromatic carbocycles. The van der Waals surface area contributed by atoms with Crippen LogP contribution in [0.2, 0.25) is 0 Å². The SMILES string of the molecule is CCNc1[c]ccnc1CO. The van der Waals surface area contributed by atoms with Crippen molar-refractivity contribution in [1.82, 2.24) is 4.98 Å².